The van der Waals surface area contributed by atoms with Gasteiger partial charge in [0, 0.05) is 5.39 Å². The largest absolute Gasteiger partial charge is 0.337 e. The molecule has 0 radical (unpaired) electrons. The molecular weight excluding hydrogens is 272 g/mol. The summed E-state index contributed by atoms with van der Waals surface area (Å²) in [5.41, 5.74) is 2.30. The Morgan fingerprint density at radius 2 is 1.86 bits per heavy atom. The van der Waals surface area contributed by atoms with Crippen LogP contribution in [0.3, 0.4) is 0 Å². The molecule has 102 valence electrons. The summed E-state index contributed by atoms with van der Waals surface area (Å²) < 4.78 is 27.2. The van der Waals surface area contributed by atoms with Gasteiger partial charge in [-0.25, -0.2) is 13.8 Å². The minimum Gasteiger partial charge on any atom is -0.337 e. The molecule has 1 N–H and O–H groups in total. The number of para-hydroxylation sites is 1. The van der Waals surface area contributed by atoms with Crippen LogP contribution in [0.15, 0.2) is 48.7 Å². The molecule has 4 aromatic rings. The maximum atomic E-state index is 13.9. The number of fused-ring (bicyclic) bond motifs is 3. The Balaban J connectivity index is 2.03. The number of H-pyrrole nitrogens is 1. The molecule has 5 heteroatoms. The Morgan fingerprint density at radius 3 is 2.76 bits per heavy atom. The second-order valence-corrected chi connectivity index (χ2v) is 4.75. The molecule has 3 nitrogen and oxygen atoms in total. The second-order valence-electron chi connectivity index (χ2n) is 4.75. The highest BCUT2D eigenvalue weighted by atomic mass is 19.1. The van der Waals surface area contributed by atoms with E-state index < -0.39 is 11.6 Å². The van der Waals surface area contributed by atoms with Gasteiger partial charge >= 0.3 is 0 Å². The summed E-state index contributed by atoms with van der Waals surface area (Å²) >= 11 is 0. The van der Waals surface area contributed by atoms with Crippen LogP contribution in [0.2, 0.25) is 0 Å². The molecular formula is C16H9F2N3. The Bertz CT molecular complexity index is 976. The van der Waals surface area contributed by atoms with Gasteiger partial charge in [0.1, 0.15) is 17.5 Å². The van der Waals surface area contributed by atoms with E-state index >= 15 is 0 Å². The summed E-state index contributed by atoms with van der Waals surface area (Å²) in [4.78, 5) is 11.7. The molecule has 0 bridgehead atoms. The summed E-state index contributed by atoms with van der Waals surface area (Å²) in [7, 11) is 0. The van der Waals surface area contributed by atoms with E-state index in [1.807, 2.05) is 24.3 Å². The molecule has 0 unspecified atom stereocenters. The van der Waals surface area contributed by atoms with Crippen molar-refractivity contribution in [3.05, 3.63) is 60.3 Å². The normalized spacial score (nSPS) is 11.3. The molecule has 21 heavy (non-hydrogen) atoms. The van der Waals surface area contributed by atoms with Gasteiger partial charge in [-0.15, -0.1) is 0 Å². The number of pyridine rings is 1. The van der Waals surface area contributed by atoms with Crippen LogP contribution in [0, 0.1) is 11.6 Å². The highest BCUT2D eigenvalue weighted by Gasteiger charge is 2.13. The fourth-order valence-electron chi connectivity index (χ4n) is 2.41. The fourth-order valence-corrected chi connectivity index (χ4v) is 2.41. The van der Waals surface area contributed by atoms with Gasteiger partial charge in [-0.1, -0.05) is 18.2 Å². The third-order valence-corrected chi connectivity index (χ3v) is 3.41. The highest BCUT2D eigenvalue weighted by molar-refractivity contribution is 6.02. The number of aromatic amines is 1. The quantitative estimate of drug-likeness (QED) is 0.571. The van der Waals surface area contributed by atoms with Gasteiger partial charge in [-0.2, -0.15) is 0 Å². The SMILES string of the molecule is Fc1ccc(F)c(-c2nc3c(cnc4ccccc43)[nH]2)c1. The average Bonchev–Trinajstić information content (AvgIpc) is 2.94. The van der Waals surface area contributed by atoms with Gasteiger partial charge < -0.3 is 4.98 Å². The first-order chi connectivity index (χ1) is 10.2. The van der Waals surface area contributed by atoms with Crippen molar-refractivity contribution < 1.29 is 8.78 Å². The number of nitrogens with zero attached hydrogens (tertiary/aromatic N) is 2. The first-order valence-corrected chi connectivity index (χ1v) is 6.41. The number of imidazole rings is 1. The number of benzene rings is 2. The molecule has 2 heterocycles. The van der Waals surface area contributed by atoms with Crippen LogP contribution in [-0.2, 0) is 0 Å². The van der Waals surface area contributed by atoms with Gasteiger partial charge in [0.25, 0.3) is 0 Å². The number of nitrogens with one attached hydrogen (secondary N) is 1. The molecule has 0 fully saturated rings. The number of aromatic nitrogens is 3. The molecule has 0 saturated carbocycles. The molecule has 0 aliphatic carbocycles. The van der Waals surface area contributed by atoms with Gasteiger partial charge in [-0.05, 0) is 24.3 Å². The van der Waals surface area contributed by atoms with Crippen molar-refractivity contribution in [2.24, 2.45) is 0 Å². The summed E-state index contributed by atoms with van der Waals surface area (Å²) in [6, 6.07) is 10.9. The summed E-state index contributed by atoms with van der Waals surface area (Å²) in [5.74, 6) is -0.734. The summed E-state index contributed by atoms with van der Waals surface area (Å²) in [6.45, 7) is 0. The Labute approximate surface area is 118 Å². The molecule has 0 amide bonds. The topological polar surface area (TPSA) is 41.6 Å². The van der Waals surface area contributed by atoms with Crippen molar-refractivity contribution in [3.63, 3.8) is 0 Å². The van der Waals surface area contributed by atoms with E-state index in [-0.39, 0.29) is 5.56 Å². The molecule has 4 rings (SSSR count). The zero-order valence-electron chi connectivity index (χ0n) is 10.8. The van der Waals surface area contributed by atoms with Crippen LogP contribution in [0.5, 0.6) is 0 Å². The Hall–Kier alpha value is -2.82. The van der Waals surface area contributed by atoms with Crippen molar-refractivity contribution in [3.8, 4) is 11.4 Å². The molecule has 0 saturated heterocycles. The molecule has 0 aliphatic heterocycles. The molecule has 0 spiro atoms. The van der Waals surface area contributed by atoms with Gasteiger partial charge in [0.15, 0.2) is 0 Å². The first-order valence-electron chi connectivity index (χ1n) is 6.41. The van der Waals surface area contributed by atoms with E-state index in [0.29, 0.717) is 16.9 Å². The van der Waals surface area contributed by atoms with Crippen LogP contribution in [-0.4, -0.2) is 15.0 Å². The summed E-state index contributed by atoms with van der Waals surface area (Å²) in [5, 5.41) is 0.870. The third-order valence-electron chi connectivity index (χ3n) is 3.41. The zero-order chi connectivity index (χ0) is 14.4. The maximum absolute atomic E-state index is 13.9. The summed E-state index contributed by atoms with van der Waals surface area (Å²) in [6.07, 6.45) is 1.64. The minimum absolute atomic E-state index is 0.107. The van der Waals surface area contributed by atoms with Gasteiger partial charge in [0.2, 0.25) is 0 Å². The van der Waals surface area contributed by atoms with E-state index in [9.17, 15) is 8.78 Å². The lowest BCUT2D eigenvalue weighted by molar-refractivity contribution is 0.602. The van der Waals surface area contributed by atoms with Crippen LogP contribution in [0.25, 0.3) is 33.3 Å². The molecule has 2 aromatic carbocycles. The monoisotopic (exact) mass is 281 g/mol. The average molecular weight is 281 g/mol. The molecule has 2 aromatic heterocycles. The standard InChI is InChI=1S/C16H9F2N3/c17-9-5-6-12(18)11(7-9)16-20-14-8-19-13-4-2-1-3-10(13)15(14)21-16/h1-8H,(H,20,21). The number of rotatable bonds is 1. The number of hydrogen-bond donors (Lipinski definition) is 1. The van der Waals surface area contributed by atoms with E-state index in [0.717, 1.165) is 29.1 Å². The molecule has 0 aliphatic rings. The lowest BCUT2D eigenvalue weighted by Crippen LogP contribution is -1.88. The molecule has 0 atom stereocenters. The van der Waals surface area contributed by atoms with E-state index in [4.69, 9.17) is 0 Å². The number of hydrogen-bond acceptors (Lipinski definition) is 2. The van der Waals surface area contributed by atoms with Crippen molar-refractivity contribution in [1.82, 2.24) is 15.0 Å². The predicted octanol–water partition coefficient (Wildman–Crippen LogP) is 4.06. The van der Waals surface area contributed by atoms with Crippen molar-refractivity contribution in [2.45, 2.75) is 0 Å². The van der Waals surface area contributed by atoms with Crippen LogP contribution >= 0.6 is 0 Å². The first kappa shape index (κ1) is 12.0. The Kier molecular flexibility index (Phi) is 2.47. The maximum Gasteiger partial charge on any atom is 0.141 e. The van der Waals surface area contributed by atoms with Crippen LogP contribution in [0.4, 0.5) is 8.78 Å². The predicted molar refractivity (Wildman–Crippen MR) is 76.7 cm³/mol. The van der Waals surface area contributed by atoms with Gasteiger partial charge in [-0.3, -0.25) is 4.98 Å². The van der Waals surface area contributed by atoms with E-state index in [2.05, 4.69) is 15.0 Å². The fraction of sp³-hybridized carbons (Fsp3) is 0. The van der Waals surface area contributed by atoms with Crippen molar-refractivity contribution in [1.29, 1.82) is 0 Å². The lowest BCUT2D eigenvalue weighted by atomic mass is 10.2. The van der Waals surface area contributed by atoms with E-state index in [1.165, 1.54) is 0 Å². The number of halogens is 2. The highest BCUT2D eigenvalue weighted by Crippen LogP contribution is 2.27. The van der Waals surface area contributed by atoms with Gasteiger partial charge in [0.05, 0.1) is 28.3 Å². The minimum atomic E-state index is -0.521. The van der Waals surface area contributed by atoms with Crippen molar-refractivity contribution >= 4 is 21.9 Å². The zero-order valence-corrected chi connectivity index (χ0v) is 10.8. The Morgan fingerprint density at radius 1 is 1.00 bits per heavy atom. The van der Waals surface area contributed by atoms with E-state index in [1.54, 1.807) is 6.20 Å². The second kappa shape index (κ2) is 4.34. The van der Waals surface area contributed by atoms with Crippen LogP contribution in [0.1, 0.15) is 0 Å². The smallest absolute Gasteiger partial charge is 0.141 e. The van der Waals surface area contributed by atoms with Crippen molar-refractivity contribution in [2.75, 3.05) is 0 Å². The third kappa shape index (κ3) is 1.86. The lowest BCUT2D eigenvalue weighted by Gasteiger charge is -1.98. The van der Waals surface area contributed by atoms with Crippen LogP contribution < -0.4 is 0 Å².